The Bertz CT molecular complexity index is 1360. The van der Waals surface area contributed by atoms with E-state index in [4.69, 9.17) is 19.2 Å². The van der Waals surface area contributed by atoms with E-state index in [1.54, 1.807) is 33.8 Å². The molecule has 2 saturated heterocycles. The van der Waals surface area contributed by atoms with Crippen LogP contribution < -0.4 is 9.64 Å². The molecule has 39 heavy (non-hydrogen) atoms. The zero-order valence-electron chi connectivity index (χ0n) is 23.1. The lowest BCUT2D eigenvalue weighted by Crippen LogP contribution is -2.51. The summed E-state index contributed by atoms with van der Waals surface area (Å²) in [5.74, 6) is 1.31. The zero-order chi connectivity index (χ0) is 27.8. The lowest BCUT2D eigenvalue weighted by Gasteiger charge is -2.36. The lowest BCUT2D eigenvalue weighted by molar-refractivity contribution is -0.00147. The number of ether oxygens (including phenoxy) is 3. The Kier molecular flexibility index (Phi) is 6.96. The van der Waals surface area contributed by atoms with Crippen LogP contribution in [0.15, 0.2) is 36.8 Å². The Balaban J connectivity index is 1.21. The number of methoxy groups -OCH3 is 1. The molecule has 0 radical (unpaired) electrons. The molecule has 0 bridgehead atoms. The fourth-order valence-corrected chi connectivity index (χ4v) is 4.88. The molecule has 1 unspecified atom stereocenters. The van der Waals surface area contributed by atoms with Crippen molar-refractivity contribution in [3.63, 3.8) is 0 Å². The minimum atomic E-state index is -0.747. The zero-order valence-corrected chi connectivity index (χ0v) is 23.1. The minimum Gasteiger partial charge on any atom is -0.481 e. The third-order valence-corrected chi connectivity index (χ3v) is 6.89. The van der Waals surface area contributed by atoms with Gasteiger partial charge in [0, 0.05) is 57.1 Å². The van der Waals surface area contributed by atoms with Gasteiger partial charge in [-0.15, -0.1) is 0 Å². The maximum Gasteiger partial charge on any atom is 0.410 e. The van der Waals surface area contributed by atoms with Crippen LogP contribution in [-0.2, 0) is 9.47 Å². The summed E-state index contributed by atoms with van der Waals surface area (Å²) < 4.78 is 18.5. The molecule has 0 aliphatic carbocycles. The van der Waals surface area contributed by atoms with E-state index in [2.05, 4.69) is 15.0 Å². The van der Waals surface area contributed by atoms with Gasteiger partial charge in [0.25, 0.3) is 0 Å². The molecule has 0 aromatic carbocycles. The van der Waals surface area contributed by atoms with Crippen LogP contribution in [-0.4, -0.2) is 99.1 Å². The van der Waals surface area contributed by atoms with Crippen LogP contribution in [0.1, 0.15) is 34.1 Å². The van der Waals surface area contributed by atoms with Gasteiger partial charge in [-0.3, -0.25) is 0 Å². The molecule has 208 valence electrons. The molecule has 0 saturated carbocycles. The van der Waals surface area contributed by atoms with Crippen molar-refractivity contribution in [2.24, 2.45) is 0 Å². The van der Waals surface area contributed by atoms with Gasteiger partial charge in [0.05, 0.1) is 25.4 Å². The van der Waals surface area contributed by atoms with Gasteiger partial charge < -0.3 is 28.9 Å². The van der Waals surface area contributed by atoms with Crippen LogP contribution in [0.2, 0.25) is 0 Å². The van der Waals surface area contributed by atoms with Crippen LogP contribution in [0.3, 0.4) is 0 Å². The first-order valence-corrected chi connectivity index (χ1v) is 13.1. The second-order valence-corrected chi connectivity index (χ2v) is 11.1. The number of fused-ring (bicyclic) bond motifs is 1. The van der Waals surface area contributed by atoms with Crippen molar-refractivity contribution in [3.05, 3.63) is 36.8 Å². The summed E-state index contributed by atoms with van der Waals surface area (Å²) in [5.41, 5.74) is 1.02. The second kappa shape index (κ2) is 10.2. The first kappa shape index (κ1) is 26.5. The lowest BCUT2D eigenvalue weighted by atomic mass is 10.1. The number of rotatable bonds is 4. The molecule has 2 aliphatic heterocycles. The topological polar surface area (TPSA) is 115 Å². The molecule has 5 rings (SSSR count). The van der Waals surface area contributed by atoms with Gasteiger partial charge in [0.15, 0.2) is 5.65 Å². The molecule has 12 nitrogen and oxygen atoms in total. The minimum absolute atomic E-state index is 0.312. The smallest absolute Gasteiger partial charge is 0.410 e. The molecule has 5 heterocycles. The molecule has 3 aromatic rings. The predicted molar refractivity (Wildman–Crippen MR) is 144 cm³/mol. The summed E-state index contributed by atoms with van der Waals surface area (Å²) in [5, 5.41) is 4.43. The number of hydrogen-bond donors (Lipinski definition) is 0. The van der Waals surface area contributed by atoms with E-state index < -0.39 is 11.2 Å². The van der Waals surface area contributed by atoms with Crippen LogP contribution in [0.4, 0.5) is 15.4 Å². The van der Waals surface area contributed by atoms with Crippen LogP contribution in [0.25, 0.3) is 16.8 Å². The highest BCUT2D eigenvalue weighted by Crippen LogP contribution is 2.31. The summed E-state index contributed by atoms with van der Waals surface area (Å²) >= 11 is 0. The molecule has 12 heteroatoms. The van der Waals surface area contributed by atoms with E-state index in [1.807, 2.05) is 52.1 Å². The van der Waals surface area contributed by atoms with E-state index in [0.29, 0.717) is 57.2 Å². The summed E-state index contributed by atoms with van der Waals surface area (Å²) in [6.45, 7) is 10.4. The normalized spacial score (nSPS) is 19.9. The molecule has 2 amide bonds. The van der Waals surface area contributed by atoms with Gasteiger partial charge in [0.1, 0.15) is 17.0 Å². The molecule has 1 atom stereocenters. The molecule has 0 N–H and O–H groups in total. The van der Waals surface area contributed by atoms with E-state index in [9.17, 15) is 9.59 Å². The van der Waals surface area contributed by atoms with Gasteiger partial charge in [-0.05, 0) is 45.9 Å². The number of carbonyl (C=O) groups is 2. The van der Waals surface area contributed by atoms with Crippen LogP contribution in [0, 0.1) is 0 Å². The van der Waals surface area contributed by atoms with Gasteiger partial charge in [-0.2, -0.15) is 5.10 Å². The number of aromatic nitrogens is 4. The highest BCUT2D eigenvalue weighted by Gasteiger charge is 2.42. The maximum absolute atomic E-state index is 13.0. The molecule has 2 fully saturated rings. The fourth-order valence-electron chi connectivity index (χ4n) is 4.88. The van der Waals surface area contributed by atoms with Crippen molar-refractivity contribution < 1.29 is 23.8 Å². The van der Waals surface area contributed by atoms with Crippen molar-refractivity contribution in [2.75, 3.05) is 51.3 Å². The number of carbonyl (C=O) groups excluding carboxylic acids is 2. The van der Waals surface area contributed by atoms with Crippen molar-refractivity contribution in [1.82, 2.24) is 29.4 Å². The second-order valence-electron chi connectivity index (χ2n) is 11.1. The van der Waals surface area contributed by atoms with Crippen molar-refractivity contribution in [1.29, 1.82) is 0 Å². The van der Waals surface area contributed by atoms with Crippen molar-refractivity contribution in [2.45, 2.75) is 45.3 Å². The van der Waals surface area contributed by atoms with E-state index in [1.165, 1.54) is 0 Å². The molecule has 0 spiro atoms. The molecular weight excluding hydrogens is 502 g/mol. The number of anilines is 1. The average molecular weight is 538 g/mol. The van der Waals surface area contributed by atoms with Gasteiger partial charge in [-0.1, -0.05) is 0 Å². The van der Waals surface area contributed by atoms with E-state index in [0.717, 1.165) is 16.9 Å². The third-order valence-electron chi connectivity index (χ3n) is 6.89. The molecule has 3 aromatic heterocycles. The van der Waals surface area contributed by atoms with Crippen molar-refractivity contribution >= 4 is 23.7 Å². The molecular formula is C27H35N7O5. The Morgan fingerprint density at radius 3 is 2.49 bits per heavy atom. The Morgan fingerprint density at radius 1 is 1.00 bits per heavy atom. The summed E-state index contributed by atoms with van der Waals surface area (Å²) in [6.07, 6.45) is 5.13. The van der Waals surface area contributed by atoms with Crippen molar-refractivity contribution in [3.8, 4) is 17.0 Å². The fraction of sp³-hybridized carbons (Fsp3) is 0.519. The summed E-state index contributed by atoms with van der Waals surface area (Å²) in [6, 6.07) is 5.70. The standard InChI is InChI=1S/C27H35N7O5/c1-26(2,3)38-25(36)33-12-9-27(4,18-33)39-24(35)32-15-13-31(14-16-32)21-8-11-34-22(30-21)20(17-29-34)19-7-6-10-28-23(19)37-5/h6-8,10-11,17H,9,12-16,18H2,1-5H3. The number of pyridine rings is 1. The molecule has 2 aliphatic rings. The van der Waals surface area contributed by atoms with E-state index >= 15 is 0 Å². The van der Waals surface area contributed by atoms with Crippen LogP contribution >= 0.6 is 0 Å². The average Bonchev–Trinajstić information content (AvgIpc) is 3.51. The van der Waals surface area contributed by atoms with Gasteiger partial charge in [-0.25, -0.2) is 24.1 Å². The summed E-state index contributed by atoms with van der Waals surface area (Å²) in [4.78, 5) is 40.1. The van der Waals surface area contributed by atoms with Gasteiger partial charge in [0.2, 0.25) is 5.88 Å². The number of likely N-dealkylation sites (tertiary alicyclic amines) is 1. The highest BCUT2D eigenvalue weighted by molar-refractivity contribution is 5.80. The van der Waals surface area contributed by atoms with E-state index in [-0.39, 0.29) is 12.2 Å². The monoisotopic (exact) mass is 537 g/mol. The Hall–Kier alpha value is -4.09. The number of nitrogens with zero attached hydrogens (tertiary/aromatic N) is 7. The number of piperazine rings is 1. The quantitative estimate of drug-likeness (QED) is 0.493. The van der Waals surface area contributed by atoms with Gasteiger partial charge >= 0.3 is 12.2 Å². The largest absolute Gasteiger partial charge is 0.481 e. The maximum atomic E-state index is 13.0. The third kappa shape index (κ3) is 5.69. The Morgan fingerprint density at radius 2 is 1.77 bits per heavy atom. The Labute approximate surface area is 227 Å². The predicted octanol–water partition coefficient (Wildman–Crippen LogP) is 3.46. The number of amides is 2. The number of hydrogen-bond acceptors (Lipinski definition) is 9. The first-order chi connectivity index (χ1) is 18.5. The first-order valence-electron chi connectivity index (χ1n) is 13.1. The highest BCUT2D eigenvalue weighted by atomic mass is 16.6. The SMILES string of the molecule is COc1ncccc1-c1cnn2ccc(N3CCN(C(=O)OC4(C)CCN(C(=O)OC(C)(C)C)C4)CC3)nc12. The summed E-state index contributed by atoms with van der Waals surface area (Å²) in [7, 11) is 1.59. The van der Waals surface area contributed by atoms with Crippen LogP contribution in [0.5, 0.6) is 5.88 Å².